The number of carbonyl (C=O) groups excluding carboxylic acids is 1. The molecular formula is C15H11Br2FO2. The fourth-order valence-corrected chi connectivity index (χ4v) is 2.41. The van der Waals surface area contributed by atoms with E-state index >= 15 is 0 Å². The van der Waals surface area contributed by atoms with E-state index < -0.39 is 5.82 Å². The van der Waals surface area contributed by atoms with Crippen LogP contribution in [0.15, 0.2) is 45.3 Å². The molecule has 0 saturated carbocycles. The molecule has 0 spiro atoms. The molecule has 0 atom stereocenters. The zero-order chi connectivity index (χ0) is 14.7. The number of hydrogen-bond acceptors (Lipinski definition) is 2. The van der Waals surface area contributed by atoms with Crippen molar-refractivity contribution in [3.8, 4) is 5.75 Å². The number of ketones is 1. The van der Waals surface area contributed by atoms with Gasteiger partial charge in [-0.1, -0.05) is 28.1 Å². The van der Waals surface area contributed by atoms with Crippen molar-refractivity contribution in [2.75, 3.05) is 7.11 Å². The molecule has 20 heavy (non-hydrogen) atoms. The molecule has 0 heterocycles. The van der Waals surface area contributed by atoms with Gasteiger partial charge in [-0.15, -0.1) is 0 Å². The third-order valence-electron chi connectivity index (χ3n) is 2.82. The SMILES string of the molecule is COc1cc(F)c(Br)cc1C(=O)Cc1ccc(Br)cc1. The molecule has 0 N–H and O–H groups in total. The Morgan fingerprint density at radius 2 is 1.85 bits per heavy atom. The lowest BCUT2D eigenvalue weighted by atomic mass is 10.0. The topological polar surface area (TPSA) is 26.3 Å². The van der Waals surface area contributed by atoms with Crippen LogP contribution in [0.3, 0.4) is 0 Å². The van der Waals surface area contributed by atoms with Crippen LogP contribution in [0, 0.1) is 5.82 Å². The smallest absolute Gasteiger partial charge is 0.170 e. The van der Waals surface area contributed by atoms with Gasteiger partial charge in [-0.25, -0.2) is 4.39 Å². The Hall–Kier alpha value is -1.20. The molecule has 2 aromatic carbocycles. The van der Waals surface area contributed by atoms with E-state index in [0.717, 1.165) is 10.0 Å². The van der Waals surface area contributed by atoms with Crippen LogP contribution >= 0.6 is 31.9 Å². The predicted molar refractivity (Wildman–Crippen MR) is 82.8 cm³/mol. The molecule has 0 bridgehead atoms. The Kier molecular flexibility index (Phi) is 4.94. The number of hydrogen-bond donors (Lipinski definition) is 0. The van der Waals surface area contributed by atoms with Gasteiger partial charge in [0.2, 0.25) is 0 Å². The van der Waals surface area contributed by atoms with Crippen molar-refractivity contribution in [1.29, 1.82) is 0 Å². The summed E-state index contributed by atoms with van der Waals surface area (Å²) >= 11 is 6.43. The van der Waals surface area contributed by atoms with Crippen molar-refractivity contribution in [1.82, 2.24) is 0 Å². The van der Waals surface area contributed by atoms with Gasteiger partial charge in [0, 0.05) is 17.0 Å². The molecule has 0 aromatic heterocycles. The first-order chi connectivity index (χ1) is 9.51. The minimum Gasteiger partial charge on any atom is -0.496 e. The number of methoxy groups -OCH3 is 1. The minimum atomic E-state index is -0.456. The Morgan fingerprint density at radius 1 is 1.20 bits per heavy atom. The lowest BCUT2D eigenvalue weighted by molar-refractivity contribution is 0.0990. The van der Waals surface area contributed by atoms with Gasteiger partial charge in [-0.3, -0.25) is 4.79 Å². The van der Waals surface area contributed by atoms with Crippen LogP contribution in [0.4, 0.5) is 4.39 Å². The maximum Gasteiger partial charge on any atom is 0.170 e. The van der Waals surface area contributed by atoms with E-state index in [1.807, 2.05) is 24.3 Å². The van der Waals surface area contributed by atoms with Gasteiger partial charge in [0.05, 0.1) is 17.1 Å². The van der Waals surface area contributed by atoms with Crippen molar-refractivity contribution in [3.05, 3.63) is 62.3 Å². The molecule has 5 heteroatoms. The summed E-state index contributed by atoms with van der Waals surface area (Å²) in [4.78, 5) is 12.3. The van der Waals surface area contributed by atoms with Crippen LogP contribution in [-0.4, -0.2) is 12.9 Å². The molecule has 0 radical (unpaired) electrons. The second-order valence-electron chi connectivity index (χ2n) is 4.19. The summed E-state index contributed by atoms with van der Waals surface area (Å²) in [5.41, 5.74) is 1.25. The van der Waals surface area contributed by atoms with E-state index in [1.165, 1.54) is 19.2 Å². The molecule has 0 saturated heterocycles. The summed E-state index contributed by atoms with van der Waals surface area (Å²) in [6.07, 6.45) is 0.238. The highest BCUT2D eigenvalue weighted by molar-refractivity contribution is 9.10. The Labute approximate surface area is 133 Å². The molecule has 0 fully saturated rings. The maximum atomic E-state index is 13.4. The van der Waals surface area contributed by atoms with Crippen molar-refractivity contribution in [2.45, 2.75) is 6.42 Å². The largest absolute Gasteiger partial charge is 0.496 e. The fraction of sp³-hybridized carbons (Fsp3) is 0.133. The van der Waals surface area contributed by atoms with Gasteiger partial charge < -0.3 is 4.74 Å². The second-order valence-corrected chi connectivity index (χ2v) is 5.96. The van der Waals surface area contributed by atoms with Crippen LogP contribution in [-0.2, 0) is 6.42 Å². The van der Waals surface area contributed by atoms with E-state index in [4.69, 9.17) is 4.74 Å². The molecule has 2 rings (SSSR count). The quantitative estimate of drug-likeness (QED) is 0.688. The summed E-state index contributed by atoms with van der Waals surface area (Å²) in [6, 6.07) is 10.1. The first-order valence-electron chi connectivity index (χ1n) is 5.82. The van der Waals surface area contributed by atoms with E-state index in [0.29, 0.717) is 5.56 Å². The molecule has 2 aromatic rings. The third-order valence-corrected chi connectivity index (χ3v) is 3.96. The van der Waals surface area contributed by atoms with Gasteiger partial charge in [-0.05, 0) is 39.7 Å². The van der Waals surface area contributed by atoms with E-state index in [9.17, 15) is 9.18 Å². The first-order valence-corrected chi connectivity index (χ1v) is 7.40. The highest BCUT2D eigenvalue weighted by atomic mass is 79.9. The van der Waals surface area contributed by atoms with Crippen molar-refractivity contribution in [2.24, 2.45) is 0 Å². The van der Waals surface area contributed by atoms with Gasteiger partial charge >= 0.3 is 0 Å². The van der Waals surface area contributed by atoms with E-state index in [2.05, 4.69) is 31.9 Å². The molecule has 0 unspecified atom stereocenters. The van der Waals surface area contributed by atoms with Crippen LogP contribution < -0.4 is 4.74 Å². The normalized spacial score (nSPS) is 10.4. The zero-order valence-corrected chi connectivity index (χ0v) is 13.8. The lowest BCUT2D eigenvalue weighted by Crippen LogP contribution is -2.06. The van der Waals surface area contributed by atoms with Gasteiger partial charge in [0.15, 0.2) is 5.78 Å². The molecule has 0 aliphatic heterocycles. The number of Topliss-reactive ketones (excluding diaryl/α,β-unsaturated/α-hetero) is 1. The maximum absolute atomic E-state index is 13.4. The number of benzene rings is 2. The van der Waals surface area contributed by atoms with Crippen molar-refractivity contribution < 1.29 is 13.9 Å². The predicted octanol–water partition coefficient (Wildman–Crippen LogP) is 4.78. The lowest BCUT2D eigenvalue weighted by Gasteiger charge is -2.09. The molecule has 2 nitrogen and oxygen atoms in total. The molecule has 0 aliphatic rings. The fourth-order valence-electron chi connectivity index (χ4n) is 1.80. The highest BCUT2D eigenvalue weighted by Gasteiger charge is 2.16. The molecule has 104 valence electrons. The monoisotopic (exact) mass is 400 g/mol. The average Bonchev–Trinajstić information content (AvgIpc) is 2.43. The summed E-state index contributed by atoms with van der Waals surface area (Å²) < 4.78 is 19.7. The number of rotatable bonds is 4. The Morgan fingerprint density at radius 3 is 2.45 bits per heavy atom. The van der Waals surface area contributed by atoms with Crippen molar-refractivity contribution >= 4 is 37.6 Å². The average molecular weight is 402 g/mol. The van der Waals surface area contributed by atoms with Gasteiger partial charge in [0.25, 0.3) is 0 Å². The Balaban J connectivity index is 2.29. The summed E-state index contributed by atoms with van der Waals surface area (Å²) in [5.74, 6) is -0.334. The molecule has 0 aliphatic carbocycles. The van der Waals surface area contributed by atoms with Gasteiger partial charge in [-0.2, -0.15) is 0 Å². The number of halogens is 3. The molecular weight excluding hydrogens is 391 g/mol. The second kappa shape index (κ2) is 6.50. The summed E-state index contributed by atoms with van der Waals surface area (Å²) in [7, 11) is 1.42. The third kappa shape index (κ3) is 3.46. The molecule has 0 amide bonds. The minimum absolute atomic E-state index is 0.120. The Bertz CT molecular complexity index is 639. The zero-order valence-electron chi connectivity index (χ0n) is 10.6. The van der Waals surface area contributed by atoms with E-state index in [1.54, 1.807) is 0 Å². The van der Waals surface area contributed by atoms with Crippen LogP contribution in [0.2, 0.25) is 0 Å². The van der Waals surface area contributed by atoms with E-state index in [-0.39, 0.29) is 22.4 Å². The first kappa shape index (κ1) is 15.2. The highest BCUT2D eigenvalue weighted by Crippen LogP contribution is 2.27. The van der Waals surface area contributed by atoms with Crippen LogP contribution in [0.5, 0.6) is 5.75 Å². The summed E-state index contributed by atoms with van der Waals surface area (Å²) in [6.45, 7) is 0. The standard InChI is InChI=1S/C15H11Br2FO2/c1-20-15-8-13(18)12(17)7-11(15)14(19)6-9-2-4-10(16)5-3-9/h2-5,7-8H,6H2,1H3. The van der Waals surface area contributed by atoms with Crippen molar-refractivity contribution in [3.63, 3.8) is 0 Å². The van der Waals surface area contributed by atoms with Crippen LogP contribution in [0.1, 0.15) is 15.9 Å². The summed E-state index contributed by atoms with van der Waals surface area (Å²) in [5, 5.41) is 0. The van der Waals surface area contributed by atoms with Crippen LogP contribution in [0.25, 0.3) is 0 Å². The van der Waals surface area contributed by atoms with Gasteiger partial charge in [0.1, 0.15) is 11.6 Å². The number of carbonyl (C=O) groups is 1. The number of ether oxygens (including phenoxy) is 1.